The first-order valence-corrected chi connectivity index (χ1v) is 8.17. The molecule has 2 nitrogen and oxygen atoms in total. The Morgan fingerprint density at radius 1 is 1.47 bits per heavy atom. The van der Waals surface area contributed by atoms with Crippen molar-refractivity contribution >= 4 is 39.8 Å². The fourth-order valence-electron chi connectivity index (χ4n) is 2.47. The Labute approximate surface area is 120 Å². The summed E-state index contributed by atoms with van der Waals surface area (Å²) in [5.41, 5.74) is 0.807. The van der Waals surface area contributed by atoms with E-state index in [1.807, 2.05) is 11.4 Å². The smallest absolute Gasteiger partial charge is 0.252 e. The number of rotatable bonds is 3. The Morgan fingerprint density at radius 2 is 2.18 bits per heavy atom. The van der Waals surface area contributed by atoms with E-state index in [0.29, 0.717) is 12.0 Å². The van der Waals surface area contributed by atoms with Crippen LogP contribution in [0, 0.1) is 8.80 Å². The zero-order valence-corrected chi connectivity index (χ0v) is 13.0. The first-order valence-electron chi connectivity index (χ1n) is 6.21. The number of halogens is 1. The van der Waals surface area contributed by atoms with Gasteiger partial charge in [-0.15, -0.1) is 11.3 Å². The number of nitrogens with one attached hydrogen (secondary N) is 1. The number of amides is 1. The van der Waals surface area contributed by atoms with Crippen molar-refractivity contribution in [2.45, 2.75) is 45.1 Å². The molecule has 4 heteroatoms. The molecule has 0 radical (unpaired) electrons. The second-order valence-corrected chi connectivity index (χ2v) is 7.61. The maximum Gasteiger partial charge on any atom is 0.252 e. The highest BCUT2D eigenvalue weighted by Gasteiger charge is 2.22. The van der Waals surface area contributed by atoms with E-state index in [9.17, 15) is 4.79 Å². The molecule has 1 amide bonds. The second-order valence-electron chi connectivity index (χ2n) is 4.80. The minimum atomic E-state index is 0.0854. The molecule has 0 aromatic carbocycles. The van der Waals surface area contributed by atoms with Gasteiger partial charge in [-0.3, -0.25) is 4.79 Å². The van der Waals surface area contributed by atoms with Crippen LogP contribution in [0.15, 0.2) is 11.4 Å². The van der Waals surface area contributed by atoms with Crippen molar-refractivity contribution in [3.63, 3.8) is 0 Å². The fourth-order valence-corrected chi connectivity index (χ4v) is 3.80. The normalized spacial score (nSPS) is 18.9. The van der Waals surface area contributed by atoms with Gasteiger partial charge in [-0.25, -0.2) is 0 Å². The molecule has 1 aliphatic carbocycles. The highest BCUT2D eigenvalue weighted by Crippen LogP contribution is 2.26. The van der Waals surface area contributed by atoms with E-state index in [2.05, 4.69) is 34.8 Å². The molecule has 1 saturated carbocycles. The zero-order valence-electron chi connectivity index (χ0n) is 10.0. The summed E-state index contributed by atoms with van der Waals surface area (Å²) in [6.45, 7) is 2.14. The quantitative estimate of drug-likeness (QED) is 0.807. The Kier molecular flexibility index (Phi) is 4.85. The first kappa shape index (κ1) is 13.3. The summed E-state index contributed by atoms with van der Waals surface area (Å²) < 4.78 is 1.16. The minimum absolute atomic E-state index is 0.0854. The van der Waals surface area contributed by atoms with Crippen LogP contribution in [0.3, 0.4) is 0 Å². The number of carbonyl (C=O) groups is 1. The monoisotopic (exact) mass is 363 g/mol. The summed E-state index contributed by atoms with van der Waals surface area (Å²) >= 11 is 3.87. The largest absolute Gasteiger partial charge is 0.349 e. The molecule has 1 aliphatic rings. The predicted octanol–water partition coefficient (Wildman–Crippen LogP) is 4.05. The van der Waals surface area contributed by atoms with Crippen LogP contribution in [0.5, 0.6) is 0 Å². The van der Waals surface area contributed by atoms with Crippen LogP contribution in [0.1, 0.15) is 49.4 Å². The lowest BCUT2D eigenvalue weighted by Crippen LogP contribution is -2.38. The maximum absolute atomic E-state index is 12.0. The molecule has 1 fully saturated rings. The van der Waals surface area contributed by atoms with E-state index < -0.39 is 0 Å². The molecule has 0 aliphatic heterocycles. The summed E-state index contributed by atoms with van der Waals surface area (Å²) in [5.74, 6) is 0.757. The molecular formula is C13H18INOS. The zero-order chi connectivity index (χ0) is 12.3. The molecule has 17 heavy (non-hydrogen) atoms. The molecule has 0 bridgehead atoms. The second kappa shape index (κ2) is 6.18. The van der Waals surface area contributed by atoms with Crippen LogP contribution in [0.4, 0.5) is 0 Å². The van der Waals surface area contributed by atoms with Crippen molar-refractivity contribution in [3.8, 4) is 0 Å². The van der Waals surface area contributed by atoms with E-state index in [1.165, 1.54) is 32.1 Å². The average molecular weight is 363 g/mol. The third kappa shape index (κ3) is 3.68. The molecule has 1 aromatic heterocycles. The number of hydrogen-bond donors (Lipinski definition) is 1. The molecule has 1 unspecified atom stereocenters. The van der Waals surface area contributed by atoms with Gasteiger partial charge in [-0.1, -0.05) is 19.3 Å². The van der Waals surface area contributed by atoms with Crippen molar-refractivity contribution in [1.82, 2.24) is 5.32 Å². The summed E-state index contributed by atoms with van der Waals surface area (Å²) in [6, 6.07) is 2.26. The molecule has 1 atom stereocenters. The van der Waals surface area contributed by atoms with Crippen LogP contribution in [-0.4, -0.2) is 11.9 Å². The summed E-state index contributed by atoms with van der Waals surface area (Å²) in [6.07, 6.45) is 6.54. The molecule has 0 saturated heterocycles. The van der Waals surface area contributed by atoms with E-state index in [-0.39, 0.29) is 5.91 Å². The third-order valence-electron chi connectivity index (χ3n) is 3.55. The van der Waals surface area contributed by atoms with Crippen LogP contribution in [-0.2, 0) is 0 Å². The highest BCUT2D eigenvalue weighted by atomic mass is 127. The topological polar surface area (TPSA) is 29.1 Å². The van der Waals surface area contributed by atoms with Gasteiger partial charge in [0.05, 0.1) is 8.45 Å². The number of carbonyl (C=O) groups excluding carboxylic acids is 1. The number of thiophene rings is 1. The molecule has 1 heterocycles. The SMILES string of the molecule is CC(NC(=O)c1csc(I)c1)C1CCCCC1. The van der Waals surface area contributed by atoms with Crippen LogP contribution in [0.25, 0.3) is 0 Å². The molecule has 1 N–H and O–H groups in total. The van der Waals surface area contributed by atoms with E-state index in [0.717, 1.165) is 8.45 Å². The van der Waals surface area contributed by atoms with E-state index in [4.69, 9.17) is 0 Å². The summed E-state index contributed by atoms with van der Waals surface area (Å²) in [4.78, 5) is 12.0. The molecule has 2 rings (SSSR count). The standard InChI is InChI=1S/C13H18INOS/c1-9(10-5-3-2-4-6-10)15-13(16)11-7-12(14)17-8-11/h7-10H,2-6H2,1H3,(H,15,16). The lowest BCUT2D eigenvalue weighted by Gasteiger charge is -2.28. The average Bonchev–Trinajstić information content (AvgIpc) is 2.77. The molecular weight excluding hydrogens is 345 g/mol. The number of hydrogen-bond acceptors (Lipinski definition) is 2. The van der Waals surface area contributed by atoms with Crippen molar-refractivity contribution in [1.29, 1.82) is 0 Å². The van der Waals surface area contributed by atoms with Crippen LogP contribution in [0.2, 0.25) is 0 Å². The third-order valence-corrected chi connectivity index (χ3v) is 5.33. The fraction of sp³-hybridized carbons (Fsp3) is 0.615. The Hall–Kier alpha value is -0.100. The van der Waals surface area contributed by atoms with Crippen molar-refractivity contribution in [2.24, 2.45) is 5.92 Å². The van der Waals surface area contributed by atoms with Gasteiger partial charge in [0.1, 0.15) is 0 Å². The van der Waals surface area contributed by atoms with Gasteiger partial charge in [0.2, 0.25) is 0 Å². The lowest BCUT2D eigenvalue weighted by molar-refractivity contribution is 0.0919. The van der Waals surface area contributed by atoms with E-state index in [1.54, 1.807) is 11.3 Å². The maximum atomic E-state index is 12.0. The van der Waals surface area contributed by atoms with Crippen LogP contribution >= 0.6 is 33.9 Å². The lowest BCUT2D eigenvalue weighted by atomic mass is 9.84. The highest BCUT2D eigenvalue weighted by molar-refractivity contribution is 14.1. The van der Waals surface area contributed by atoms with Gasteiger partial charge in [-0.05, 0) is 54.3 Å². The Bertz CT molecular complexity index is 385. The van der Waals surface area contributed by atoms with Gasteiger partial charge in [0.15, 0.2) is 0 Å². The summed E-state index contributed by atoms with van der Waals surface area (Å²) in [7, 11) is 0. The van der Waals surface area contributed by atoms with Crippen molar-refractivity contribution < 1.29 is 4.79 Å². The molecule has 1 aromatic rings. The van der Waals surface area contributed by atoms with Gasteiger partial charge in [0.25, 0.3) is 5.91 Å². The van der Waals surface area contributed by atoms with Crippen molar-refractivity contribution in [2.75, 3.05) is 0 Å². The Morgan fingerprint density at radius 3 is 2.76 bits per heavy atom. The van der Waals surface area contributed by atoms with Crippen molar-refractivity contribution in [3.05, 3.63) is 19.9 Å². The summed E-state index contributed by atoms with van der Waals surface area (Å²) in [5, 5.41) is 5.08. The van der Waals surface area contributed by atoms with E-state index >= 15 is 0 Å². The molecule has 94 valence electrons. The molecule has 0 spiro atoms. The van der Waals surface area contributed by atoms with Gasteiger partial charge in [-0.2, -0.15) is 0 Å². The Balaban J connectivity index is 1.89. The van der Waals surface area contributed by atoms with Gasteiger partial charge < -0.3 is 5.32 Å². The first-order chi connectivity index (χ1) is 8.16. The predicted molar refractivity (Wildman–Crippen MR) is 80.5 cm³/mol. The van der Waals surface area contributed by atoms with Gasteiger partial charge >= 0.3 is 0 Å². The van der Waals surface area contributed by atoms with Crippen LogP contribution < -0.4 is 5.32 Å². The minimum Gasteiger partial charge on any atom is -0.349 e. The van der Waals surface area contributed by atoms with Gasteiger partial charge in [0, 0.05) is 11.4 Å².